The minimum atomic E-state index is -0.448. The van der Waals surface area contributed by atoms with E-state index < -0.39 is 17.1 Å². The van der Waals surface area contributed by atoms with Crippen molar-refractivity contribution in [3.8, 4) is 0 Å². The Morgan fingerprint density at radius 3 is 1.82 bits per heavy atom. The van der Waals surface area contributed by atoms with Crippen LogP contribution in [-0.2, 0) is 17.1 Å². The summed E-state index contributed by atoms with van der Waals surface area (Å²) in [7, 11) is 0. The van der Waals surface area contributed by atoms with Gasteiger partial charge in [0, 0.05) is 0 Å². The van der Waals surface area contributed by atoms with Gasteiger partial charge < -0.3 is 5.73 Å². The van der Waals surface area contributed by atoms with Gasteiger partial charge in [-0.2, -0.15) is 0 Å². The van der Waals surface area contributed by atoms with E-state index in [0.29, 0.717) is 13.2 Å². The van der Waals surface area contributed by atoms with Crippen molar-refractivity contribution in [1.29, 1.82) is 0 Å². The SMILES string of the molecule is NC(=S)S.OC[CH2][Zn][CH2]CO. The molecule has 0 aromatic rings. The second-order valence-electron chi connectivity index (χ2n) is 1.85. The van der Waals surface area contributed by atoms with Gasteiger partial charge in [-0.25, -0.2) is 0 Å². The standard InChI is InChI=1S/2C2H5O.CH3NS2.Zn/c2*1-2-3;2-1(3)4;/h2*3H,1-2H2;(H3,2,3,4);. The number of aliphatic hydroxyl groups excluding tert-OH is 2. The van der Waals surface area contributed by atoms with E-state index in [9.17, 15) is 0 Å². The molecular formula is C5H13NO2S2Zn. The number of thiol groups is 1. The van der Waals surface area contributed by atoms with Crippen LogP contribution in [0.5, 0.6) is 0 Å². The van der Waals surface area contributed by atoms with Crippen molar-refractivity contribution in [1.82, 2.24) is 0 Å². The van der Waals surface area contributed by atoms with Crippen molar-refractivity contribution < 1.29 is 27.3 Å². The molecule has 0 radical (unpaired) electrons. The Labute approximate surface area is 85.4 Å². The summed E-state index contributed by atoms with van der Waals surface area (Å²) in [6, 6.07) is 0. The fourth-order valence-electron chi connectivity index (χ4n) is 0.400. The Bertz CT molecular complexity index is 86.6. The van der Waals surface area contributed by atoms with Gasteiger partial charge in [0.2, 0.25) is 0 Å². The molecule has 0 saturated heterocycles. The van der Waals surface area contributed by atoms with E-state index in [-0.39, 0.29) is 4.32 Å². The number of hydrogen-bond donors (Lipinski definition) is 4. The second kappa shape index (κ2) is 13.4. The summed E-state index contributed by atoms with van der Waals surface area (Å²) in [6.45, 7) is 0.667. The van der Waals surface area contributed by atoms with Crippen molar-refractivity contribution in [2.75, 3.05) is 13.2 Å². The van der Waals surface area contributed by atoms with Gasteiger partial charge in [-0.15, -0.1) is 12.6 Å². The van der Waals surface area contributed by atoms with Crippen LogP contribution in [-0.4, -0.2) is 27.7 Å². The summed E-state index contributed by atoms with van der Waals surface area (Å²) >= 11 is 7.21. The van der Waals surface area contributed by atoms with E-state index in [1.807, 2.05) is 0 Å². The molecule has 0 aliphatic carbocycles. The topological polar surface area (TPSA) is 66.5 Å². The molecule has 0 spiro atoms. The Morgan fingerprint density at radius 2 is 1.64 bits per heavy atom. The molecule has 0 heterocycles. The van der Waals surface area contributed by atoms with Crippen molar-refractivity contribution >= 4 is 29.2 Å². The summed E-state index contributed by atoms with van der Waals surface area (Å²) < 4.78 is 0.194. The first-order chi connectivity index (χ1) is 5.15. The Hall–Kier alpha value is 0.783. The van der Waals surface area contributed by atoms with Gasteiger partial charge in [0.05, 0.1) is 0 Å². The van der Waals surface area contributed by atoms with Gasteiger partial charge >= 0.3 is 50.6 Å². The summed E-state index contributed by atoms with van der Waals surface area (Å²) in [5.74, 6) is 0. The third-order valence-electron chi connectivity index (χ3n) is 0.816. The second-order valence-corrected chi connectivity index (χ2v) is 7.52. The molecule has 6 heteroatoms. The molecule has 0 bridgehead atoms. The van der Waals surface area contributed by atoms with Gasteiger partial charge in [-0.3, -0.25) is 0 Å². The summed E-state index contributed by atoms with van der Waals surface area (Å²) in [5, 5.41) is 18.5. The molecule has 3 nitrogen and oxygen atoms in total. The normalized spacial score (nSPS) is 7.55. The van der Waals surface area contributed by atoms with Crippen molar-refractivity contribution in [3.05, 3.63) is 0 Å². The molecule has 0 fully saturated rings. The monoisotopic (exact) mass is 247 g/mol. The quantitative estimate of drug-likeness (QED) is 0.246. The number of thiocarbonyl (C=S) groups is 1. The number of rotatable bonds is 4. The van der Waals surface area contributed by atoms with Crippen LogP contribution in [0, 0.1) is 0 Å². The molecule has 0 aromatic carbocycles. The van der Waals surface area contributed by atoms with E-state index in [0.717, 1.165) is 10.0 Å². The average molecular weight is 249 g/mol. The minimum absolute atomic E-state index is 0.194. The predicted octanol–water partition coefficient (Wildman–Crippen LogP) is 0.0499. The van der Waals surface area contributed by atoms with Crippen LogP contribution in [0.4, 0.5) is 0 Å². The van der Waals surface area contributed by atoms with Gasteiger partial charge in [-0.05, 0) is 0 Å². The van der Waals surface area contributed by atoms with E-state index in [1.54, 1.807) is 0 Å². The third kappa shape index (κ3) is 36.4. The molecule has 0 unspecified atom stereocenters. The van der Waals surface area contributed by atoms with E-state index in [2.05, 4.69) is 24.8 Å². The van der Waals surface area contributed by atoms with E-state index >= 15 is 0 Å². The first kappa shape index (κ1) is 14.3. The maximum absolute atomic E-state index is 8.26. The third-order valence-corrected chi connectivity index (χ3v) is 4.24. The van der Waals surface area contributed by atoms with Gasteiger partial charge in [0.25, 0.3) is 0 Å². The van der Waals surface area contributed by atoms with E-state index in [4.69, 9.17) is 15.9 Å². The van der Waals surface area contributed by atoms with Crippen LogP contribution in [0.25, 0.3) is 0 Å². The number of hydrogen-bond acceptors (Lipinski definition) is 3. The van der Waals surface area contributed by atoms with Crippen LogP contribution in [0.3, 0.4) is 0 Å². The van der Waals surface area contributed by atoms with Crippen molar-refractivity contribution in [2.24, 2.45) is 5.73 Å². The molecule has 0 amide bonds. The fraction of sp³-hybridized carbons (Fsp3) is 0.800. The molecule has 0 atom stereocenters. The first-order valence-electron chi connectivity index (χ1n) is 3.35. The molecule has 64 valence electrons. The zero-order valence-electron chi connectivity index (χ0n) is 6.36. The van der Waals surface area contributed by atoms with Crippen LogP contribution in [0.1, 0.15) is 0 Å². The fourth-order valence-corrected chi connectivity index (χ4v) is 2.08. The molecular weight excluding hydrogens is 236 g/mol. The molecule has 0 aliphatic heterocycles. The zero-order valence-corrected chi connectivity index (χ0v) is 11.0. The molecule has 0 rings (SSSR count). The van der Waals surface area contributed by atoms with E-state index in [1.165, 1.54) is 0 Å². The van der Waals surface area contributed by atoms with Crippen LogP contribution >= 0.6 is 24.8 Å². The van der Waals surface area contributed by atoms with Crippen molar-refractivity contribution in [3.63, 3.8) is 0 Å². The van der Waals surface area contributed by atoms with Gasteiger partial charge in [0.15, 0.2) is 0 Å². The molecule has 11 heavy (non-hydrogen) atoms. The van der Waals surface area contributed by atoms with Crippen molar-refractivity contribution in [2.45, 2.75) is 10.0 Å². The molecule has 0 saturated carbocycles. The molecule has 0 aliphatic rings. The molecule has 4 N–H and O–H groups in total. The predicted molar refractivity (Wildman–Crippen MR) is 49.6 cm³/mol. The zero-order chi connectivity index (χ0) is 9.11. The number of aliphatic hydroxyl groups is 2. The van der Waals surface area contributed by atoms with Crippen LogP contribution in [0.2, 0.25) is 10.0 Å². The summed E-state index contributed by atoms with van der Waals surface area (Å²) in [6.07, 6.45) is 0. The Morgan fingerprint density at radius 1 is 1.36 bits per heavy atom. The Balaban J connectivity index is 0. The maximum atomic E-state index is 8.26. The average Bonchev–Trinajstić information content (AvgIpc) is 1.88. The Kier molecular flexibility index (Phi) is 17.4. The van der Waals surface area contributed by atoms with Gasteiger partial charge in [0.1, 0.15) is 4.32 Å². The van der Waals surface area contributed by atoms with Gasteiger partial charge in [-0.1, -0.05) is 12.2 Å². The summed E-state index contributed by atoms with van der Waals surface area (Å²) in [4.78, 5) is 0. The van der Waals surface area contributed by atoms with Crippen LogP contribution in [0.15, 0.2) is 0 Å². The summed E-state index contributed by atoms with van der Waals surface area (Å²) in [5.41, 5.74) is 4.71. The first-order valence-corrected chi connectivity index (χ1v) is 8.40. The van der Waals surface area contributed by atoms with Crippen LogP contribution < -0.4 is 5.73 Å². The number of nitrogens with two attached hydrogens (primary N) is 1. The molecule has 0 aromatic heterocycles.